The molecule has 0 aromatic heterocycles. The third-order valence-corrected chi connectivity index (χ3v) is 2.79. The Bertz CT molecular complexity index is 553. The number of hydrogen-bond donors (Lipinski definition) is 1. The van der Waals surface area contributed by atoms with Crippen LogP contribution in [0.1, 0.15) is 5.56 Å². The van der Waals surface area contributed by atoms with Gasteiger partial charge in [-0.25, -0.2) is 8.78 Å². The van der Waals surface area contributed by atoms with Crippen molar-refractivity contribution < 1.29 is 8.78 Å². The molecule has 2 rings (SSSR count). The first-order valence-corrected chi connectivity index (χ1v) is 5.94. The van der Waals surface area contributed by atoms with Crippen molar-refractivity contribution in [1.29, 1.82) is 0 Å². The van der Waals surface area contributed by atoms with E-state index >= 15 is 0 Å². The van der Waals surface area contributed by atoms with Gasteiger partial charge in [0, 0.05) is 27.8 Å². The van der Waals surface area contributed by atoms with Gasteiger partial charge in [0.15, 0.2) is 0 Å². The van der Waals surface area contributed by atoms with Crippen LogP contribution in [0.3, 0.4) is 0 Å². The molecule has 0 aliphatic carbocycles. The summed E-state index contributed by atoms with van der Waals surface area (Å²) in [4.78, 5) is 0. The highest BCUT2D eigenvalue weighted by molar-refractivity contribution is 6.35. The predicted octanol–water partition coefficient (Wildman–Crippen LogP) is 4.88. The molecule has 0 amide bonds. The van der Waals surface area contributed by atoms with E-state index in [9.17, 15) is 8.78 Å². The van der Waals surface area contributed by atoms with Crippen LogP contribution in [0, 0.1) is 11.6 Å². The third kappa shape index (κ3) is 3.34. The molecule has 2 aromatic rings. The normalized spacial score (nSPS) is 10.4. The van der Waals surface area contributed by atoms with E-state index in [1.165, 1.54) is 0 Å². The van der Waals surface area contributed by atoms with Crippen LogP contribution in [0.2, 0.25) is 10.0 Å². The van der Waals surface area contributed by atoms with Gasteiger partial charge in [-0.2, -0.15) is 0 Å². The number of rotatable bonds is 3. The molecule has 0 atom stereocenters. The Balaban J connectivity index is 2.13. The van der Waals surface area contributed by atoms with Crippen LogP contribution >= 0.6 is 23.2 Å². The second-order valence-electron chi connectivity index (χ2n) is 3.75. The number of hydrogen-bond acceptors (Lipinski definition) is 1. The molecule has 0 unspecified atom stereocenters. The minimum Gasteiger partial charge on any atom is -0.381 e. The standard InChI is InChI=1S/C13H9Cl2F2N/c14-9-4-10(15)6-12(5-9)18-7-8-3-11(16)1-2-13(8)17/h1-6,18H,7H2. The fraction of sp³-hybridized carbons (Fsp3) is 0.0769. The monoisotopic (exact) mass is 287 g/mol. The molecule has 0 aliphatic rings. The first kappa shape index (κ1) is 13.1. The zero-order chi connectivity index (χ0) is 13.1. The maximum Gasteiger partial charge on any atom is 0.128 e. The molecule has 0 saturated carbocycles. The van der Waals surface area contributed by atoms with Crippen LogP contribution in [0.4, 0.5) is 14.5 Å². The first-order valence-electron chi connectivity index (χ1n) is 5.18. The summed E-state index contributed by atoms with van der Waals surface area (Å²) < 4.78 is 26.3. The molecule has 0 radical (unpaired) electrons. The highest BCUT2D eigenvalue weighted by atomic mass is 35.5. The Labute approximate surface area is 113 Å². The van der Waals surface area contributed by atoms with E-state index in [1.54, 1.807) is 18.2 Å². The van der Waals surface area contributed by atoms with Gasteiger partial charge in [0.2, 0.25) is 0 Å². The fourth-order valence-electron chi connectivity index (χ4n) is 1.53. The van der Waals surface area contributed by atoms with Gasteiger partial charge in [-0.1, -0.05) is 23.2 Å². The van der Waals surface area contributed by atoms with Crippen LogP contribution in [-0.4, -0.2) is 0 Å². The van der Waals surface area contributed by atoms with E-state index in [2.05, 4.69) is 5.32 Å². The number of benzene rings is 2. The van der Waals surface area contributed by atoms with Gasteiger partial charge < -0.3 is 5.32 Å². The van der Waals surface area contributed by atoms with E-state index in [0.717, 1.165) is 18.2 Å². The van der Waals surface area contributed by atoms with Gasteiger partial charge in [-0.15, -0.1) is 0 Å². The minimum atomic E-state index is -0.475. The number of anilines is 1. The molecule has 94 valence electrons. The van der Waals surface area contributed by atoms with Crippen molar-refractivity contribution in [1.82, 2.24) is 0 Å². The van der Waals surface area contributed by atoms with E-state index in [0.29, 0.717) is 15.7 Å². The average molecular weight is 288 g/mol. The summed E-state index contributed by atoms with van der Waals surface area (Å²) in [6, 6.07) is 8.23. The molecule has 18 heavy (non-hydrogen) atoms. The van der Waals surface area contributed by atoms with Gasteiger partial charge in [0.1, 0.15) is 11.6 Å². The predicted molar refractivity (Wildman–Crippen MR) is 70.1 cm³/mol. The lowest BCUT2D eigenvalue weighted by Crippen LogP contribution is -2.02. The summed E-state index contributed by atoms with van der Waals surface area (Å²) in [5, 5.41) is 3.89. The van der Waals surface area contributed by atoms with Crippen molar-refractivity contribution in [2.24, 2.45) is 0 Å². The molecule has 0 bridgehead atoms. The van der Waals surface area contributed by atoms with Crippen molar-refractivity contribution in [3.8, 4) is 0 Å². The topological polar surface area (TPSA) is 12.0 Å². The highest BCUT2D eigenvalue weighted by Crippen LogP contribution is 2.23. The summed E-state index contributed by atoms with van der Waals surface area (Å²) >= 11 is 11.7. The molecule has 1 N–H and O–H groups in total. The summed E-state index contributed by atoms with van der Waals surface area (Å²) in [7, 11) is 0. The van der Waals surface area contributed by atoms with Crippen molar-refractivity contribution >= 4 is 28.9 Å². The third-order valence-electron chi connectivity index (χ3n) is 2.35. The first-order chi connectivity index (χ1) is 8.54. The molecule has 0 aliphatic heterocycles. The zero-order valence-corrected chi connectivity index (χ0v) is 10.7. The second kappa shape index (κ2) is 5.55. The largest absolute Gasteiger partial charge is 0.381 e. The van der Waals surface area contributed by atoms with Crippen LogP contribution in [-0.2, 0) is 6.54 Å². The molecule has 5 heteroatoms. The van der Waals surface area contributed by atoms with Crippen LogP contribution in [0.5, 0.6) is 0 Å². The van der Waals surface area contributed by atoms with Crippen LogP contribution < -0.4 is 5.32 Å². The van der Waals surface area contributed by atoms with E-state index < -0.39 is 11.6 Å². The molecule has 0 spiro atoms. The Morgan fingerprint density at radius 2 is 1.61 bits per heavy atom. The Morgan fingerprint density at radius 1 is 0.944 bits per heavy atom. The van der Waals surface area contributed by atoms with E-state index in [4.69, 9.17) is 23.2 Å². The summed E-state index contributed by atoms with van der Waals surface area (Å²) in [5.74, 6) is -0.936. The van der Waals surface area contributed by atoms with Gasteiger partial charge in [-0.3, -0.25) is 0 Å². The smallest absolute Gasteiger partial charge is 0.128 e. The second-order valence-corrected chi connectivity index (χ2v) is 4.62. The van der Waals surface area contributed by atoms with Crippen LogP contribution in [0.25, 0.3) is 0 Å². The van der Waals surface area contributed by atoms with Crippen molar-refractivity contribution in [2.45, 2.75) is 6.54 Å². The summed E-state index contributed by atoms with van der Waals surface area (Å²) in [6.07, 6.45) is 0. The van der Waals surface area contributed by atoms with E-state index in [1.807, 2.05) is 0 Å². The lowest BCUT2D eigenvalue weighted by atomic mass is 10.2. The number of nitrogens with one attached hydrogen (secondary N) is 1. The number of halogens is 4. The molecule has 1 nitrogen and oxygen atoms in total. The minimum absolute atomic E-state index is 0.153. The highest BCUT2D eigenvalue weighted by Gasteiger charge is 2.04. The molecule has 0 saturated heterocycles. The van der Waals surface area contributed by atoms with Gasteiger partial charge >= 0.3 is 0 Å². The summed E-state index contributed by atoms with van der Waals surface area (Å²) in [6.45, 7) is 0.153. The Kier molecular flexibility index (Phi) is 4.04. The molecule has 0 fully saturated rings. The van der Waals surface area contributed by atoms with Crippen LogP contribution in [0.15, 0.2) is 36.4 Å². The molecular formula is C13H9Cl2F2N. The van der Waals surface area contributed by atoms with E-state index in [-0.39, 0.29) is 12.1 Å². The van der Waals surface area contributed by atoms with Crippen molar-refractivity contribution in [3.05, 3.63) is 63.6 Å². The fourth-order valence-corrected chi connectivity index (χ4v) is 2.06. The Hall–Kier alpha value is -1.32. The molecule has 0 heterocycles. The van der Waals surface area contributed by atoms with Gasteiger partial charge in [-0.05, 0) is 36.4 Å². The van der Waals surface area contributed by atoms with Crippen molar-refractivity contribution in [2.75, 3.05) is 5.32 Å². The van der Waals surface area contributed by atoms with Gasteiger partial charge in [0.25, 0.3) is 0 Å². The van der Waals surface area contributed by atoms with Gasteiger partial charge in [0.05, 0.1) is 0 Å². The Morgan fingerprint density at radius 3 is 2.28 bits per heavy atom. The maximum atomic E-state index is 13.4. The zero-order valence-electron chi connectivity index (χ0n) is 9.18. The summed E-state index contributed by atoms with van der Waals surface area (Å²) in [5.41, 5.74) is 0.891. The molecule has 2 aromatic carbocycles. The maximum absolute atomic E-state index is 13.4. The lowest BCUT2D eigenvalue weighted by Gasteiger charge is -2.08. The quantitative estimate of drug-likeness (QED) is 0.848. The SMILES string of the molecule is Fc1ccc(F)c(CNc2cc(Cl)cc(Cl)c2)c1. The average Bonchev–Trinajstić information content (AvgIpc) is 2.29. The lowest BCUT2D eigenvalue weighted by molar-refractivity contribution is 0.587. The van der Waals surface area contributed by atoms with Crippen molar-refractivity contribution in [3.63, 3.8) is 0 Å². The molecular weight excluding hydrogens is 279 g/mol.